The smallest absolute Gasteiger partial charge is 0.321 e. The number of piperazine rings is 1. The zero-order valence-electron chi connectivity index (χ0n) is 9.99. The number of halogens is 2. The summed E-state index contributed by atoms with van der Waals surface area (Å²) in [6.07, 6.45) is 0. The Morgan fingerprint density at radius 3 is 2.33 bits per heavy atom. The first kappa shape index (κ1) is 13.4. The number of urea groups is 1. The highest BCUT2D eigenvalue weighted by atomic mass is 35.5. The molecule has 5 nitrogen and oxygen atoms in total. The Labute approximate surface area is 116 Å². The summed E-state index contributed by atoms with van der Waals surface area (Å²) in [6, 6.07) is 3.00. The molecular formula is C11H14Cl2N4O. The van der Waals surface area contributed by atoms with E-state index in [1.807, 2.05) is 7.05 Å². The summed E-state index contributed by atoms with van der Waals surface area (Å²) < 4.78 is 0. The van der Waals surface area contributed by atoms with E-state index in [9.17, 15) is 4.79 Å². The summed E-state index contributed by atoms with van der Waals surface area (Å²) in [4.78, 5) is 19.8. The molecule has 0 radical (unpaired) electrons. The van der Waals surface area contributed by atoms with Crippen molar-refractivity contribution in [2.24, 2.45) is 0 Å². The Kier molecular flexibility index (Phi) is 4.27. The molecule has 0 spiro atoms. The van der Waals surface area contributed by atoms with Crippen LogP contribution in [0.4, 0.5) is 10.5 Å². The first-order valence-corrected chi connectivity index (χ1v) is 6.38. The molecule has 1 N–H and O–H groups in total. The molecule has 1 aromatic rings. The Morgan fingerprint density at radius 2 is 1.78 bits per heavy atom. The van der Waals surface area contributed by atoms with Crippen molar-refractivity contribution in [3.05, 3.63) is 22.4 Å². The molecule has 2 rings (SSSR count). The van der Waals surface area contributed by atoms with Crippen LogP contribution in [0, 0.1) is 0 Å². The number of nitrogens with one attached hydrogen (secondary N) is 1. The van der Waals surface area contributed by atoms with Crippen molar-refractivity contribution in [2.75, 3.05) is 38.5 Å². The van der Waals surface area contributed by atoms with Crippen molar-refractivity contribution in [3.8, 4) is 0 Å². The van der Waals surface area contributed by atoms with Gasteiger partial charge < -0.3 is 15.1 Å². The average Bonchev–Trinajstić information content (AvgIpc) is 2.28. The van der Waals surface area contributed by atoms with Crippen LogP contribution in [0.1, 0.15) is 0 Å². The van der Waals surface area contributed by atoms with Crippen LogP contribution in [0.5, 0.6) is 0 Å². The summed E-state index contributed by atoms with van der Waals surface area (Å²) in [6.45, 7) is 3.19. The maximum atomic E-state index is 12.0. The lowest BCUT2D eigenvalue weighted by Gasteiger charge is -2.32. The van der Waals surface area contributed by atoms with Gasteiger partial charge in [0.2, 0.25) is 0 Å². The van der Waals surface area contributed by atoms with Gasteiger partial charge in [-0.15, -0.1) is 0 Å². The topological polar surface area (TPSA) is 48.5 Å². The molecule has 1 aliphatic rings. The second-order valence-electron chi connectivity index (χ2n) is 4.22. The molecule has 0 atom stereocenters. The van der Waals surface area contributed by atoms with Crippen LogP contribution in [0.3, 0.4) is 0 Å². The minimum Gasteiger partial charge on any atom is -0.322 e. The fourth-order valence-corrected chi connectivity index (χ4v) is 2.21. The van der Waals surface area contributed by atoms with E-state index in [0.717, 1.165) is 26.2 Å². The third-order valence-electron chi connectivity index (χ3n) is 2.80. The van der Waals surface area contributed by atoms with Gasteiger partial charge in [0, 0.05) is 31.9 Å². The summed E-state index contributed by atoms with van der Waals surface area (Å²) in [5, 5.41) is 3.29. The van der Waals surface area contributed by atoms with Crippen LogP contribution in [0.25, 0.3) is 0 Å². The van der Waals surface area contributed by atoms with Crippen LogP contribution in [0.2, 0.25) is 10.3 Å². The SMILES string of the molecule is CN1CCN(C(=O)Nc2cc(Cl)nc(Cl)c2)CC1. The maximum absolute atomic E-state index is 12.0. The quantitative estimate of drug-likeness (QED) is 0.806. The van der Waals surface area contributed by atoms with Gasteiger partial charge in [-0.1, -0.05) is 23.2 Å². The largest absolute Gasteiger partial charge is 0.322 e. The Balaban J connectivity index is 1.98. The fraction of sp³-hybridized carbons (Fsp3) is 0.455. The zero-order chi connectivity index (χ0) is 13.1. The molecule has 0 aliphatic carbocycles. The number of nitrogens with zero attached hydrogens (tertiary/aromatic N) is 3. The standard InChI is InChI=1S/C11H14Cl2N4O/c1-16-2-4-17(5-3-16)11(18)14-8-6-9(12)15-10(13)7-8/h6-7H,2-5H2,1H3,(H,14,15,18). The Morgan fingerprint density at radius 1 is 1.22 bits per heavy atom. The number of aromatic nitrogens is 1. The van der Waals surface area contributed by atoms with Crippen molar-refractivity contribution in [1.29, 1.82) is 0 Å². The monoisotopic (exact) mass is 288 g/mol. The zero-order valence-corrected chi connectivity index (χ0v) is 11.5. The predicted octanol–water partition coefficient (Wildman–Crippen LogP) is 2.17. The summed E-state index contributed by atoms with van der Waals surface area (Å²) in [5.74, 6) is 0. The fourth-order valence-electron chi connectivity index (χ4n) is 1.75. The number of likely N-dealkylation sites (N-methyl/N-ethyl adjacent to an activating group) is 1. The normalized spacial score (nSPS) is 16.7. The molecule has 2 heterocycles. The number of anilines is 1. The number of pyridine rings is 1. The van der Waals surface area contributed by atoms with Gasteiger partial charge in [0.25, 0.3) is 0 Å². The first-order chi connectivity index (χ1) is 8.54. The van der Waals surface area contributed by atoms with Gasteiger partial charge >= 0.3 is 6.03 Å². The van der Waals surface area contributed by atoms with Gasteiger partial charge in [0.05, 0.1) is 0 Å². The first-order valence-electron chi connectivity index (χ1n) is 5.62. The second-order valence-corrected chi connectivity index (χ2v) is 5.00. The van der Waals surface area contributed by atoms with Gasteiger partial charge in [-0.25, -0.2) is 9.78 Å². The number of amides is 2. The lowest BCUT2D eigenvalue weighted by molar-refractivity contribution is 0.164. The van der Waals surface area contributed by atoms with E-state index < -0.39 is 0 Å². The molecule has 0 aromatic carbocycles. The third kappa shape index (κ3) is 3.48. The van der Waals surface area contributed by atoms with Crippen molar-refractivity contribution in [2.45, 2.75) is 0 Å². The van der Waals surface area contributed by atoms with E-state index in [0.29, 0.717) is 5.69 Å². The number of carbonyl (C=O) groups is 1. The van der Waals surface area contributed by atoms with Crippen molar-refractivity contribution >= 4 is 34.9 Å². The predicted molar refractivity (Wildman–Crippen MR) is 72.3 cm³/mol. The van der Waals surface area contributed by atoms with E-state index in [1.54, 1.807) is 17.0 Å². The Hall–Kier alpha value is -1.04. The summed E-state index contributed by atoms with van der Waals surface area (Å²) in [7, 11) is 2.04. The molecule has 1 aromatic heterocycles. The number of carbonyl (C=O) groups excluding carboxylic acids is 1. The van der Waals surface area contributed by atoms with Gasteiger partial charge in [-0.2, -0.15) is 0 Å². The molecule has 0 unspecified atom stereocenters. The van der Waals surface area contributed by atoms with E-state index in [-0.39, 0.29) is 16.3 Å². The molecule has 1 saturated heterocycles. The van der Waals surface area contributed by atoms with Crippen molar-refractivity contribution in [3.63, 3.8) is 0 Å². The van der Waals surface area contributed by atoms with Crippen LogP contribution < -0.4 is 5.32 Å². The highest BCUT2D eigenvalue weighted by Crippen LogP contribution is 2.19. The lowest BCUT2D eigenvalue weighted by atomic mass is 10.3. The molecule has 0 saturated carbocycles. The van der Waals surface area contributed by atoms with Crippen molar-refractivity contribution in [1.82, 2.24) is 14.8 Å². The van der Waals surface area contributed by atoms with Gasteiger partial charge in [0.15, 0.2) is 0 Å². The van der Waals surface area contributed by atoms with Crippen molar-refractivity contribution < 1.29 is 4.79 Å². The molecule has 1 fully saturated rings. The Bertz CT molecular complexity index is 426. The van der Waals surface area contributed by atoms with Crippen LogP contribution in [-0.2, 0) is 0 Å². The van der Waals surface area contributed by atoms with Gasteiger partial charge in [-0.05, 0) is 19.2 Å². The molecule has 98 valence electrons. The van der Waals surface area contributed by atoms with Gasteiger partial charge in [0.1, 0.15) is 10.3 Å². The van der Waals surface area contributed by atoms with E-state index in [2.05, 4.69) is 15.2 Å². The molecule has 18 heavy (non-hydrogen) atoms. The van der Waals surface area contributed by atoms with Crippen LogP contribution >= 0.6 is 23.2 Å². The molecule has 0 bridgehead atoms. The second kappa shape index (κ2) is 5.73. The number of hydrogen-bond acceptors (Lipinski definition) is 3. The maximum Gasteiger partial charge on any atom is 0.321 e. The number of hydrogen-bond donors (Lipinski definition) is 1. The third-order valence-corrected chi connectivity index (χ3v) is 3.19. The molecule has 2 amide bonds. The molecule has 1 aliphatic heterocycles. The highest BCUT2D eigenvalue weighted by molar-refractivity contribution is 6.32. The van der Waals surface area contributed by atoms with Crippen LogP contribution in [-0.4, -0.2) is 54.0 Å². The molecule has 7 heteroatoms. The minimum absolute atomic E-state index is 0.138. The number of rotatable bonds is 1. The summed E-state index contributed by atoms with van der Waals surface area (Å²) >= 11 is 11.5. The minimum atomic E-state index is -0.138. The molecular weight excluding hydrogens is 275 g/mol. The van der Waals surface area contributed by atoms with E-state index in [1.165, 1.54) is 0 Å². The average molecular weight is 289 g/mol. The summed E-state index contributed by atoms with van der Waals surface area (Å²) in [5.41, 5.74) is 0.559. The van der Waals surface area contributed by atoms with E-state index in [4.69, 9.17) is 23.2 Å². The lowest BCUT2D eigenvalue weighted by Crippen LogP contribution is -2.48. The highest BCUT2D eigenvalue weighted by Gasteiger charge is 2.19. The van der Waals surface area contributed by atoms with Crippen LogP contribution in [0.15, 0.2) is 12.1 Å². The van der Waals surface area contributed by atoms with E-state index >= 15 is 0 Å². The van der Waals surface area contributed by atoms with Gasteiger partial charge in [-0.3, -0.25) is 0 Å².